The van der Waals surface area contributed by atoms with Gasteiger partial charge in [0.15, 0.2) is 0 Å². The maximum absolute atomic E-state index is 14.0. The molecule has 4 heterocycles. The molecule has 0 bridgehead atoms. The van der Waals surface area contributed by atoms with E-state index in [1.165, 1.54) is 4.31 Å². The van der Waals surface area contributed by atoms with Crippen molar-refractivity contribution in [3.63, 3.8) is 0 Å². The highest BCUT2D eigenvalue weighted by molar-refractivity contribution is 7.89. The van der Waals surface area contributed by atoms with E-state index >= 15 is 0 Å². The smallest absolute Gasteiger partial charge is 0.318 e. The molecular formula is C34H37N7O5S. The molecule has 1 aliphatic heterocycles. The van der Waals surface area contributed by atoms with Crippen LogP contribution >= 0.6 is 0 Å². The zero-order valence-electron chi connectivity index (χ0n) is 26.8. The van der Waals surface area contributed by atoms with Crippen LogP contribution in [0.25, 0.3) is 11.4 Å². The first kappa shape index (κ1) is 32.1. The molecule has 0 spiro atoms. The zero-order chi connectivity index (χ0) is 33.0. The Hall–Kier alpha value is -4.88. The Morgan fingerprint density at radius 3 is 2.36 bits per heavy atom. The molecular weight excluding hydrogens is 618 g/mol. The average Bonchev–Trinajstić information content (AvgIpc) is 3.59. The number of ether oxygens (including phenoxy) is 2. The molecule has 0 amide bonds. The number of benzene rings is 2. The average molecular weight is 656 g/mol. The lowest BCUT2D eigenvalue weighted by Gasteiger charge is -2.31. The van der Waals surface area contributed by atoms with Crippen molar-refractivity contribution in [3.05, 3.63) is 102 Å². The van der Waals surface area contributed by atoms with Gasteiger partial charge in [-0.1, -0.05) is 35.5 Å². The molecule has 0 aliphatic carbocycles. The minimum absolute atomic E-state index is 0.0104. The fourth-order valence-corrected chi connectivity index (χ4v) is 7.68. The van der Waals surface area contributed by atoms with Gasteiger partial charge in [0.25, 0.3) is 0 Å². The Balaban J connectivity index is 1.15. The van der Waals surface area contributed by atoms with Crippen molar-refractivity contribution in [3.8, 4) is 23.1 Å². The van der Waals surface area contributed by atoms with Crippen molar-refractivity contribution in [1.82, 2.24) is 29.4 Å². The van der Waals surface area contributed by atoms with Gasteiger partial charge in [0, 0.05) is 50.2 Å². The summed E-state index contributed by atoms with van der Waals surface area (Å²) in [5.74, 6) is 2.68. The second kappa shape index (κ2) is 13.9. The molecule has 0 N–H and O–H groups in total. The summed E-state index contributed by atoms with van der Waals surface area (Å²) < 4.78 is 46.5. The molecule has 1 aliphatic rings. The van der Waals surface area contributed by atoms with Gasteiger partial charge in [-0.05, 0) is 73.7 Å². The fourth-order valence-electron chi connectivity index (χ4n) is 5.94. The van der Waals surface area contributed by atoms with Crippen LogP contribution < -0.4 is 14.4 Å². The van der Waals surface area contributed by atoms with Gasteiger partial charge in [-0.2, -0.15) is 14.3 Å². The van der Waals surface area contributed by atoms with E-state index < -0.39 is 16.1 Å². The number of aromatic nitrogens is 5. The van der Waals surface area contributed by atoms with E-state index in [9.17, 15) is 8.42 Å². The largest absolute Gasteiger partial charge is 0.497 e. The lowest BCUT2D eigenvalue weighted by atomic mass is 9.97. The summed E-state index contributed by atoms with van der Waals surface area (Å²) in [6.07, 6.45) is 6.71. The summed E-state index contributed by atoms with van der Waals surface area (Å²) in [6, 6.07) is 18.0. The van der Waals surface area contributed by atoms with Crippen LogP contribution in [0.4, 0.5) is 5.82 Å². The number of nitrogens with zero attached hydrogens (tertiary/aromatic N) is 7. The van der Waals surface area contributed by atoms with E-state index in [1.54, 1.807) is 58.7 Å². The third-order valence-corrected chi connectivity index (χ3v) is 10.6. The summed E-state index contributed by atoms with van der Waals surface area (Å²) in [5.41, 5.74) is 2.86. The molecule has 3 aromatic heterocycles. The van der Waals surface area contributed by atoms with Crippen LogP contribution in [0.3, 0.4) is 0 Å². The molecule has 1 fully saturated rings. The number of methoxy groups -OCH3 is 1. The standard InChI is InChI=1S/C34H37N7O5S/c1-23-20-28(44-4)21-24(2)31(23)47(42,43)40(3)29(25-8-6-5-7-9-25)22-45-34-36-17-12-30(37-34)41-18-13-27(14-19-41)33-38-32(39-46-33)26-10-15-35-16-11-26/h5-12,15-17,20-21,27,29H,13-14,18-19,22H2,1-4H3. The Morgan fingerprint density at radius 1 is 0.979 bits per heavy atom. The quantitative estimate of drug-likeness (QED) is 0.182. The van der Waals surface area contributed by atoms with Crippen LogP contribution in [-0.2, 0) is 10.0 Å². The number of pyridine rings is 1. The van der Waals surface area contributed by atoms with Gasteiger partial charge in [0.1, 0.15) is 18.2 Å². The Bertz CT molecular complexity index is 1890. The summed E-state index contributed by atoms with van der Waals surface area (Å²) in [7, 11) is -0.781. The number of likely N-dealkylation sites (N-methyl/N-ethyl adjacent to an activating group) is 1. The van der Waals surface area contributed by atoms with Crippen molar-refractivity contribution in [2.75, 3.05) is 38.8 Å². The van der Waals surface area contributed by atoms with Crippen molar-refractivity contribution in [1.29, 1.82) is 0 Å². The number of piperidine rings is 1. The second-order valence-corrected chi connectivity index (χ2v) is 13.4. The van der Waals surface area contributed by atoms with Crippen LogP contribution in [0.1, 0.15) is 47.4 Å². The summed E-state index contributed by atoms with van der Waals surface area (Å²) in [4.78, 5) is 20.1. The molecule has 13 heteroatoms. The van der Waals surface area contributed by atoms with E-state index in [2.05, 4.69) is 30.0 Å². The first-order chi connectivity index (χ1) is 22.7. The Kier molecular flexibility index (Phi) is 9.45. The zero-order valence-corrected chi connectivity index (χ0v) is 27.6. The number of aryl methyl sites for hydroxylation is 2. The molecule has 47 heavy (non-hydrogen) atoms. The summed E-state index contributed by atoms with van der Waals surface area (Å²) >= 11 is 0. The van der Waals surface area contributed by atoms with Gasteiger partial charge in [-0.3, -0.25) is 4.98 Å². The lowest BCUT2D eigenvalue weighted by molar-refractivity contribution is 0.209. The lowest BCUT2D eigenvalue weighted by Crippen LogP contribution is -2.36. The molecule has 244 valence electrons. The minimum atomic E-state index is -3.92. The van der Waals surface area contributed by atoms with Gasteiger partial charge in [0.05, 0.1) is 18.0 Å². The first-order valence-corrected chi connectivity index (χ1v) is 16.8. The summed E-state index contributed by atoms with van der Waals surface area (Å²) in [5, 5.41) is 4.16. The highest BCUT2D eigenvalue weighted by atomic mass is 32.2. The van der Waals surface area contributed by atoms with Gasteiger partial charge in [0.2, 0.25) is 21.7 Å². The van der Waals surface area contributed by atoms with Gasteiger partial charge < -0.3 is 18.9 Å². The molecule has 5 aromatic rings. The maximum Gasteiger partial charge on any atom is 0.318 e. The predicted octanol–water partition coefficient (Wildman–Crippen LogP) is 5.37. The van der Waals surface area contributed by atoms with Crippen molar-refractivity contribution >= 4 is 15.8 Å². The molecule has 1 saturated heterocycles. The molecule has 0 saturated carbocycles. The van der Waals surface area contributed by atoms with Gasteiger partial charge in [-0.25, -0.2) is 13.4 Å². The Labute approximate surface area is 274 Å². The van der Waals surface area contributed by atoms with Crippen molar-refractivity contribution in [2.45, 2.75) is 43.5 Å². The van der Waals surface area contributed by atoms with E-state index in [0.717, 1.165) is 42.9 Å². The highest BCUT2D eigenvalue weighted by Gasteiger charge is 2.33. The van der Waals surface area contributed by atoms with E-state index in [1.807, 2.05) is 48.5 Å². The molecule has 12 nitrogen and oxygen atoms in total. The topological polar surface area (TPSA) is 137 Å². The number of sulfonamides is 1. The number of hydrogen-bond donors (Lipinski definition) is 0. The molecule has 2 aromatic carbocycles. The van der Waals surface area contributed by atoms with Crippen molar-refractivity contribution < 1.29 is 22.4 Å². The van der Waals surface area contributed by atoms with E-state index in [0.29, 0.717) is 28.6 Å². The van der Waals surface area contributed by atoms with Gasteiger partial charge >= 0.3 is 6.01 Å². The summed E-state index contributed by atoms with van der Waals surface area (Å²) in [6.45, 7) is 5.03. The maximum atomic E-state index is 14.0. The molecule has 1 unspecified atom stereocenters. The normalized spacial score (nSPS) is 14.7. The second-order valence-electron chi connectivity index (χ2n) is 11.5. The third-order valence-electron chi connectivity index (χ3n) is 8.47. The minimum Gasteiger partial charge on any atom is -0.497 e. The van der Waals surface area contributed by atoms with Crippen molar-refractivity contribution in [2.24, 2.45) is 0 Å². The highest BCUT2D eigenvalue weighted by Crippen LogP contribution is 2.33. The molecule has 1 atom stereocenters. The SMILES string of the molecule is COc1cc(C)c(S(=O)(=O)N(C)C(COc2nccc(N3CCC(c4nc(-c5ccncc5)no4)CC3)n2)c2ccccc2)c(C)c1. The monoisotopic (exact) mass is 655 g/mol. The number of rotatable bonds is 11. The molecule has 6 rings (SSSR count). The van der Waals surface area contributed by atoms with Crippen LogP contribution in [0.5, 0.6) is 11.8 Å². The number of hydrogen-bond acceptors (Lipinski definition) is 11. The first-order valence-electron chi connectivity index (χ1n) is 15.4. The fraction of sp³-hybridized carbons (Fsp3) is 0.324. The van der Waals surface area contributed by atoms with E-state index in [4.69, 9.17) is 14.0 Å². The third kappa shape index (κ3) is 6.96. The van der Waals surface area contributed by atoms with E-state index in [-0.39, 0.29) is 23.4 Å². The van der Waals surface area contributed by atoms with Crippen LogP contribution in [-0.4, -0.2) is 71.7 Å². The van der Waals surface area contributed by atoms with Crippen LogP contribution in [0.15, 0.2) is 88.7 Å². The Morgan fingerprint density at radius 2 is 1.68 bits per heavy atom. The van der Waals surface area contributed by atoms with Crippen LogP contribution in [0, 0.1) is 13.8 Å². The predicted molar refractivity (Wildman–Crippen MR) is 176 cm³/mol. The molecule has 0 radical (unpaired) electrons. The van der Waals surface area contributed by atoms with Gasteiger partial charge in [-0.15, -0.1) is 0 Å². The number of anilines is 1. The van der Waals surface area contributed by atoms with Crippen LogP contribution in [0.2, 0.25) is 0 Å².